The molecule has 0 aliphatic rings. The largest absolute Gasteiger partial charge is 0.465 e. The monoisotopic (exact) mass is 236 g/mol. The number of aryl methyl sites for hydroxylation is 1. The number of nitrogens with one attached hydrogen (secondary N) is 1. The Labute approximate surface area is 99.5 Å². The zero-order valence-corrected chi connectivity index (χ0v) is 9.79. The molecule has 0 aliphatic carbocycles. The van der Waals surface area contributed by atoms with Crippen molar-refractivity contribution in [1.29, 1.82) is 0 Å². The van der Waals surface area contributed by atoms with Crippen molar-refractivity contribution in [1.82, 2.24) is 10.3 Å². The number of nitrogens with zero attached hydrogens (tertiary/aromatic N) is 1. The number of furan rings is 1. The van der Waals surface area contributed by atoms with Crippen molar-refractivity contribution in [2.45, 2.75) is 20.0 Å². The highest BCUT2D eigenvalue weighted by atomic mass is 35.5. The fourth-order valence-electron chi connectivity index (χ4n) is 1.42. The number of rotatable bonds is 4. The van der Waals surface area contributed by atoms with Crippen LogP contribution in [0.1, 0.15) is 17.1 Å². The normalized spacial score (nSPS) is 10.6. The van der Waals surface area contributed by atoms with Gasteiger partial charge in [0, 0.05) is 12.7 Å². The number of halogens is 1. The van der Waals surface area contributed by atoms with E-state index in [1.807, 2.05) is 25.1 Å². The highest BCUT2D eigenvalue weighted by Crippen LogP contribution is 2.07. The summed E-state index contributed by atoms with van der Waals surface area (Å²) in [5.41, 5.74) is 1.10. The van der Waals surface area contributed by atoms with E-state index in [1.54, 1.807) is 12.3 Å². The zero-order chi connectivity index (χ0) is 11.4. The van der Waals surface area contributed by atoms with E-state index >= 15 is 0 Å². The molecular weight excluding hydrogens is 224 g/mol. The van der Waals surface area contributed by atoms with Crippen LogP contribution in [-0.2, 0) is 13.1 Å². The third-order valence-electron chi connectivity index (χ3n) is 2.21. The molecule has 2 rings (SSSR count). The Bertz CT molecular complexity index is 450. The summed E-state index contributed by atoms with van der Waals surface area (Å²) in [7, 11) is 0. The van der Waals surface area contributed by atoms with Crippen molar-refractivity contribution in [2.24, 2.45) is 0 Å². The van der Waals surface area contributed by atoms with Crippen molar-refractivity contribution in [2.75, 3.05) is 0 Å². The van der Waals surface area contributed by atoms with Gasteiger partial charge in [-0.1, -0.05) is 17.7 Å². The van der Waals surface area contributed by atoms with Gasteiger partial charge in [0.15, 0.2) is 0 Å². The van der Waals surface area contributed by atoms with Crippen LogP contribution in [0.15, 0.2) is 34.9 Å². The second kappa shape index (κ2) is 5.14. The third kappa shape index (κ3) is 3.08. The Kier molecular flexibility index (Phi) is 3.59. The molecule has 0 saturated heterocycles. The first-order valence-electron chi connectivity index (χ1n) is 5.10. The minimum Gasteiger partial charge on any atom is -0.465 e. The van der Waals surface area contributed by atoms with Crippen molar-refractivity contribution in [3.63, 3.8) is 0 Å². The van der Waals surface area contributed by atoms with Crippen LogP contribution in [0.3, 0.4) is 0 Å². The molecule has 0 unspecified atom stereocenters. The van der Waals surface area contributed by atoms with Crippen LogP contribution in [-0.4, -0.2) is 4.98 Å². The van der Waals surface area contributed by atoms with Crippen LogP contribution in [0, 0.1) is 6.92 Å². The van der Waals surface area contributed by atoms with Gasteiger partial charge < -0.3 is 9.73 Å². The lowest BCUT2D eigenvalue weighted by Gasteiger charge is -2.02. The molecule has 84 valence electrons. The van der Waals surface area contributed by atoms with Gasteiger partial charge in [0.1, 0.15) is 16.7 Å². The molecule has 3 nitrogen and oxygen atoms in total. The smallest absolute Gasteiger partial charge is 0.129 e. The maximum Gasteiger partial charge on any atom is 0.129 e. The van der Waals surface area contributed by atoms with Crippen molar-refractivity contribution in [3.8, 4) is 0 Å². The second-order valence-electron chi connectivity index (χ2n) is 3.61. The molecule has 0 amide bonds. The van der Waals surface area contributed by atoms with Gasteiger partial charge in [-0.15, -0.1) is 0 Å². The van der Waals surface area contributed by atoms with Crippen molar-refractivity contribution >= 4 is 11.6 Å². The first kappa shape index (κ1) is 11.2. The molecule has 2 aromatic rings. The van der Waals surface area contributed by atoms with Gasteiger partial charge in [-0.3, -0.25) is 0 Å². The maximum absolute atomic E-state index is 5.70. The van der Waals surface area contributed by atoms with Crippen molar-refractivity contribution < 1.29 is 4.42 Å². The van der Waals surface area contributed by atoms with E-state index in [0.717, 1.165) is 30.2 Å². The molecule has 0 saturated carbocycles. The fourth-order valence-corrected chi connectivity index (χ4v) is 1.53. The topological polar surface area (TPSA) is 38.1 Å². The number of aromatic nitrogens is 1. The summed E-state index contributed by atoms with van der Waals surface area (Å²) in [5.74, 6) is 1.88. The van der Waals surface area contributed by atoms with Gasteiger partial charge in [0.25, 0.3) is 0 Å². The minimum atomic E-state index is 0.519. The molecule has 16 heavy (non-hydrogen) atoms. The molecule has 0 spiro atoms. The molecule has 2 aromatic heterocycles. The Morgan fingerprint density at radius 3 is 2.75 bits per heavy atom. The average molecular weight is 237 g/mol. The molecule has 0 radical (unpaired) electrons. The summed E-state index contributed by atoms with van der Waals surface area (Å²) in [4.78, 5) is 4.01. The van der Waals surface area contributed by atoms with Gasteiger partial charge in [-0.2, -0.15) is 0 Å². The molecule has 2 heterocycles. The third-order valence-corrected chi connectivity index (χ3v) is 2.44. The van der Waals surface area contributed by atoms with Gasteiger partial charge in [0.2, 0.25) is 0 Å². The molecule has 0 atom stereocenters. The Hall–Kier alpha value is -1.32. The highest BCUT2D eigenvalue weighted by molar-refractivity contribution is 6.29. The van der Waals surface area contributed by atoms with Crippen LogP contribution in [0.2, 0.25) is 5.15 Å². The van der Waals surface area contributed by atoms with Crippen LogP contribution >= 0.6 is 11.6 Å². The predicted octanol–water partition coefficient (Wildman–Crippen LogP) is 2.93. The van der Waals surface area contributed by atoms with Gasteiger partial charge in [-0.05, 0) is 30.7 Å². The second-order valence-corrected chi connectivity index (χ2v) is 3.99. The first-order chi connectivity index (χ1) is 7.74. The molecule has 0 aromatic carbocycles. The van der Waals surface area contributed by atoms with Gasteiger partial charge >= 0.3 is 0 Å². The van der Waals surface area contributed by atoms with Crippen molar-refractivity contribution in [3.05, 3.63) is 52.7 Å². The van der Waals surface area contributed by atoms with E-state index < -0.39 is 0 Å². The average Bonchev–Trinajstić information content (AvgIpc) is 2.67. The lowest BCUT2D eigenvalue weighted by atomic mass is 10.3. The molecule has 0 fully saturated rings. The highest BCUT2D eigenvalue weighted by Gasteiger charge is 1.98. The summed E-state index contributed by atoms with van der Waals surface area (Å²) in [5, 5.41) is 3.79. The van der Waals surface area contributed by atoms with E-state index in [0.29, 0.717) is 5.15 Å². The zero-order valence-electron chi connectivity index (χ0n) is 9.03. The SMILES string of the molecule is Cc1ccc(CNCc2ccc(Cl)nc2)o1. The predicted molar refractivity (Wildman–Crippen MR) is 63.2 cm³/mol. The number of hydrogen-bond donors (Lipinski definition) is 1. The van der Waals surface area contributed by atoms with E-state index in [9.17, 15) is 0 Å². The van der Waals surface area contributed by atoms with E-state index in [-0.39, 0.29) is 0 Å². The molecule has 1 N–H and O–H groups in total. The minimum absolute atomic E-state index is 0.519. The quantitative estimate of drug-likeness (QED) is 0.830. The Morgan fingerprint density at radius 2 is 2.12 bits per heavy atom. The molecule has 0 bridgehead atoms. The number of pyridine rings is 1. The van der Waals surface area contributed by atoms with E-state index in [1.165, 1.54) is 0 Å². The lowest BCUT2D eigenvalue weighted by molar-refractivity contribution is 0.461. The standard InChI is InChI=1S/C12H13ClN2O/c1-9-2-4-11(16-9)8-14-6-10-3-5-12(13)15-7-10/h2-5,7,14H,6,8H2,1H3. The van der Waals surface area contributed by atoms with Crippen LogP contribution in [0.4, 0.5) is 0 Å². The van der Waals surface area contributed by atoms with Crippen LogP contribution < -0.4 is 5.32 Å². The van der Waals surface area contributed by atoms with Gasteiger partial charge in [0.05, 0.1) is 6.54 Å². The van der Waals surface area contributed by atoms with Gasteiger partial charge in [-0.25, -0.2) is 4.98 Å². The summed E-state index contributed by atoms with van der Waals surface area (Å²) in [6.45, 7) is 3.41. The summed E-state index contributed by atoms with van der Waals surface area (Å²) < 4.78 is 5.44. The number of hydrogen-bond acceptors (Lipinski definition) is 3. The maximum atomic E-state index is 5.70. The summed E-state index contributed by atoms with van der Waals surface area (Å²) in [6, 6.07) is 7.68. The summed E-state index contributed by atoms with van der Waals surface area (Å²) in [6.07, 6.45) is 1.77. The lowest BCUT2D eigenvalue weighted by Crippen LogP contribution is -2.12. The van der Waals surface area contributed by atoms with E-state index in [2.05, 4.69) is 10.3 Å². The Morgan fingerprint density at radius 1 is 1.25 bits per heavy atom. The molecule has 0 aliphatic heterocycles. The molecular formula is C12H13ClN2O. The molecule has 4 heteroatoms. The first-order valence-corrected chi connectivity index (χ1v) is 5.48. The fraction of sp³-hybridized carbons (Fsp3) is 0.250. The van der Waals surface area contributed by atoms with Crippen LogP contribution in [0.5, 0.6) is 0 Å². The summed E-state index contributed by atoms with van der Waals surface area (Å²) >= 11 is 5.70. The van der Waals surface area contributed by atoms with Crippen LogP contribution in [0.25, 0.3) is 0 Å². The Balaban J connectivity index is 1.82. The van der Waals surface area contributed by atoms with E-state index in [4.69, 9.17) is 16.0 Å².